The van der Waals surface area contributed by atoms with Gasteiger partial charge < -0.3 is 5.32 Å². The van der Waals surface area contributed by atoms with Crippen LogP contribution in [0.3, 0.4) is 0 Å². The van der Waals surface area contributed by atoms with Gasteiger partial charge in [0.25, 0.3) is 0 Å². The van der Waals surface area contributed by atoms with Gasteiger partial charge in [-0.1, -0.05) is 60.9 Å². The van der Waals surface area contributed by atoms with Gasteiger partial charge in [-0.2, -0.15) is 0 Å². The van der Waals surface area contributed by atoms with Gasteiger partial charge in [0.15, 0.2) is 4.34 Å². The minimum Gasteiger partial charge on any atom is -0.301 e. The number of nitrogens with zero attached hydrogens (tertiary/aromatic N) is 2. The molecule has 24 heavy (non-hydrogen) atoms. The largest absolute Gasteiger partial charge is 0.301 e. The monoisotopic (exact) mass is 365 g/mol. The fourth-order valence-electron chi connectivity index (χ4n) is 2.86. The van der Waals surface area contributed by atoms with Crippen LogP contribution in [0.5, 0.6) is 0 Å². The van der Waals surface area contributed by atoms with Crippen molar-refractivity contribution in [1.82, 2.24) is 10.2 Å². The van der Waals surface area contributed by atoms with Crippen LogP contribution in [0.1, 0.15) is 44.1 Å². The van der Waals surface area contributed by atoms with Crippen molar-refractivity contribution in [3.63, 3.8) is 0 Å². The molecule has 0 unspecified atom stereocenters. The van der Waals surface area contributed by atoms with Crippen molar-refractivity contribution in [2.45, 2.75) is 48.6 Å². The molecule has 4 nitrogen and oxygen atoms in total. The highest BCUT2D eigenvalue weighted by Crippen LogP contribution is 2.30. The van der Waals surface area contributed by atoms with E-state index in [1.165, 1.54) is 60.9 Å². The first-order valence-electron chi connectivity index (χ1n) is 8.19. The molecule has 1 aromatic heterocycles. The Labute approximate surface area is 149 Å². The van der Waals surface area contributed by atoms with E-state index in [1.807, 2.05) is 0 Å². The van der Waals surface area contributed by atoms with Gasteiger partial charge >= 0.3 is 0 Å². The first kappa shape index (κ1) is 17.4. The minimum absolute atomic E-state index is 0.0214. The molecule has 1 aliphatic carbocycles. The molecule has 1 amide bonds. The number of carbonyl (C=O) groups is 1. The number of carbonyl (C=O) groups excluding carboxylic acids is 1. The quantitative estimate of drug-likeness (QED) is 0.561. The van der Waals surface area contributed by atoms with Crippen LogP contribution in [0.4, 0.5) is 9.52 Å². The summed E-state index contributed by atoms with van der Waals surface area (Å²) in [7, 11) is 0. The maximum absolute atomic E-state index is 12.9. The summed E-state index contributed by atoms with van der Waals surface area (Å²) < 4.78 is 13.7. The lowest BCUT2D eigenvalue weighted by atomic mass is 10.0. The van der Waals surface area contributed by atoms with Gasteiger partial charge in [0.1, 0.15) is 5.82 Å². The molecule has 1 aromatic carbocycles. The van der Waals surface area contributed by atoms with Crippen LogP contribution in [0.25, 0.3) is 0 Å². The Kier molecular flexibility index (Phi) is 6.20. The molecular weight excluding hydrogens is 345 g/mol. The molecule has 1 N–H and O–H groups in total. The topological polar surface area (TPSA) is 54.9 Å². The van der Waals surface area contributed by atoms with Crippen molar-refractivity contribution in [1.29, 1.82) is 0 Å². The number of halogens is 1. The van der Waals surface area contributed by atoms with Gasteiger partial charge in [0, 0.05) is 12.2 Å². The molecule has 3 rings (SSSR count). The molecule has 0 bridgehead atoms. The van der Waals surface area contributed by atoms with Gasteiger partial charge in [0.05, 0.1) is 0 Å². The summed E-state index contributed by atoms with van der Waals surface area (Å²) in [6.07, 6.45) is 6.65. The third-order valence-corrected chi connectivity index (χ3v) is 6.23. The second-order valence-electron chi connectivity index (χ2n) is 6.03. The summed E-state index contributed by atoms with van der Waals surface area (Å²) >= 11 is 2.91. The van der Waals surface area contributed by atoms with E-state index < -0.39 is 0 Å². The predicted molar refractivity (Wildman–Crippen MR) is 95.7 cm³/mol. The van der Waals surface area contributed by atoms with E-state index in [-0.39, 0.29) is 11.7 Å². The lowest BCUT2D eigenvalue weighted by molar-refractivity contribution is -0.116. The molecule has 1 heterocycles. The molecule has 128 valence electrons. The number of hydrogen-bond donors (Lipinski definition) is 1. The highest BCUT2D eigenvalue weighted by Gasteiger charge is 2.16. The summed E-state index contributed by atoms with van der Waals surface area (Å²) in [5.74, 6) is 1.20. The first-order valence-corrected chi connectivity index (χ1v) is 10.00. The van der Waals surface area contributed by atoms with Crippen molar-refractivity contribution in [2.75, 3.05) is 5.32 Å². The summed E-state index contributed by atoms with van der Waals surface area (Å²) in [5.41, 5.74) is 1.03. The maximum atomic E-state index is 12.9. The number of amides is 1. The Hall–Kier alpha value is -1.47. The second kappa shape index (κ2) is 8.58. The molecule has 0 saturated heterocycles. The molecule has 0 radical (unpaired) electrons. The zero-order valence-corrected chi connectivity index (χ0v) is 15.0. The second-order valence-corrected chi connectivity index (χ2v) is 8.23. The van der Waals surface area contributed by atoms with Crippen LogP contribution >= 0.6 is 23.1 Å². The van der Waals surface area contributed by atoms with E-state index >= 15 is 0 Å². The van der Waals surface area contributed by atoms with Gasteiger partial charge in [-0.05, 0) is 30.0 Å². The zero-order valence-electron chi connectivity index (χ0n) is 13.3. The van der Waals surface area contributed by atoms with E-state index in [9.17, 15) is 9.18 Å². The fraction of sp³-hybridized carbons (Fsp3) is 0.471. The first-order chi connectivity index (χ1) is 11.7. The Morgan fingerprint density at radius 2 is 2.00 bits per heavy atom. The van der Waals surface area contributed by atoms with Crippen molar-refractivity contribution in [3.8, 4) is 0 Å². The average molecular weight is 365 g/mol. The molecule has 1 aliphatic rings. The summed E-state index contributed by atoms with van der Waals surface area (Å²) in [4.78, 5) is 12.0. The van der Waals surface area contributed by atoms with Gasteiger partial charge in [-0.25, -0.2) is 4.39 Å². The predicted octanol–water partition coefficient (Wildman–Crippen LogP) is 4.88. The van der Waals surface area contributed by atoms with Crippen LogP contribution in [0.2, 0.25) is 0 Å². The van der Waals surface area contributed by atoms with Gasteiger partial charge in [-0.3, -0.25) is 4.79 Å². The van der Waals surface area contributed by atoms with E-state index in [4.69, 9.17) is 0 Å². The normalized spacial score (nSPS) is 14.9. The van der Waals surface area contributed by atoms with E-state index in [2.05, 4.69) is 15.5 Å². The molecule has 1 fully saturated rings. The third-order valence-electron chi connectivity index (χ3n) is 4.18. The molecule has 1 saturated carbocycles. The lowest BCUT2D eigenvalue weighted by Gasteiger charge is -2.07. The lowest BCUT2D eigenvalue weighted by Crippen LogP contribution is -2.12. The minimum atomic E-state index is -0.234. The Balaban J connectivity index is 1.42. The van der Waals surface area contributed by atoms with Crippen molar-refractivity contribution >= 4 is 34.1 Å². The standard InChI is InChI=1S/C17H20FN3OS2/c18-14-8-5-13(6-9-14)11-23-17-21-20-16(24-17)19-15(22)10-7-12-3-1-2-4-12/h5-6,8-9,12H,1-4,7,10-11H2,(H,19,20,22). The fourth-order valence-corrected chi connectivity index (χ4v) is 4.58. The number of aromatic nitrogens is 2. The van der Waals surface area contributed by atoms with Crippen LogP contribution in [0.15, 0.2) is 28.6 Å². The summed E-state index contributed by atoms with van der Waals surface area (Å²) in [6, 6.07) is 6.42. The molecule has 0 aliphatic heterocycles. The van der Waals surface area contributed by atoms with Crippen molar-refractivity contribution < 1.29 is 9.18 Å². The van der Waals surface area contributed by atoms with Crippen LogP contribution in [-0.4, -0.2) is 16.1 Å². The van der Waals surface area contributed by atoms with Crippen LogP contribution in [-0.2, 0) is 10.5 Å². The van der Waals surface area contributed by atoms with Crippen molar-refractivity contribution in [3.05, 3.63) is 35.6 Å². The number of anilines is 1. The van der Waals surface area contributed by atoms with Gasteiger partial charge in [-0.15, -0.1) is 10.2 Å². The van der Waals surface area contributed by atoms with Crippen molar-refractivity contribution in [2.24, 2.45) is 5.92 Å². The molecule has 7 heteroatoms. The average Bonchev–Trinajstić information content (AvgIpc) is 3.24. The van der Waals surface area contributed by atoms with E-state index in [0.717, 1.165) is 16.3 Å². The van der Waals surface area contributed by atoms with E-state index in [1.54, 1.807) is 12.1 Å². The summed E-state index contributed by atoms with van der Waals surface area (Å²) in [6.45, 7) is 0. The smallest absolute Gasteiger partial charge is 0.226 e. The number of thioether (sulfide) groups is 1. The van der Waals surface area contributed by atoms with Crippen LogP contribution in [0, 0.1) is 11.7 Å². The maximum Gasteiger partial charge on any atom is 0.226 e. The highest BCUT2D eigenvalue weighted by atomic mass is 32.2. The molecule has 0 spiro atoms. The van der Waals surface area contributed by atoms with Crippen LogP contribution < -0.4 is 5.32 Å². The van der Waals surface area contributed by atoms with E-state index in [0.29, 0.717) is 23.2 Å². The Morgan fingerprint density at radius 3 is 2.75 bits per heavy atom. The number of rotatable bonds is 7. The van der Waals surface area contributed by atoms with Gasteiger partial charge in [0.2, 0.25) is 11.0 Å². The number of hydrogen-bond acceptors (Lipinski definition) is 5. The number of nitrogens with one attached hydrogen (secondary N) is 1. The number of benzene rings is 1. The molecule has 2 aromatic rings. The molecule has 0 atom stereocenters. The Bertz CT molecular complexity index is 669. The Morgan fingerprint density at radius 1 is 1.25 bits per heavy atom. The zero-order chi connectivity index (χ0) is 16.8. The summed E-state index contributed by atoms with van der Waals surface area (Å²) in [5, 5.41) is 11.5. The third kappa shape index (κ3) is 5.27. The molecular formula is C17H20FN3OS2. The SMILES string of the molecule is O=C(CCC1CCCC1)Nc1nnc(SCc2ccc(F)cc2)s1. The highest BCUT2D eigenvalue weighted by molar-refractivity contribution is 8.00.